The third-order valence-corrected chi connectivity index (χ3v) is 1.77. The molecule has 17 heavy (non-hydrogen) atoms. The molecule has 102 valence electrons. The minimum atomic E-state index is -6.21. The van der Waals surface area contributed by atoms with Crippen molar-refractivity contribution in [2.75, 3.05) is 0 Å². The molecule has 10 heteroatoms. The Kier molecular flexibility index (Phi) is 4.24. The predicted octanol–water partition coefficient (Wildman–Crippen LogP) is 3.29. The van der Waals surface area contributed by atoms with E-state index in [9.17, 15) is 35.5 Å². The summed E-state index contributed by atoms with van der Waals surface area (Å²) in [5.74, 6) is 0. The molecule has 1 N–H and O–H groups in total. The topological polar surface area (TPSA) is 46.5 Å². The molecule has 0 aliphatic rings. The molecule has 0 radical (unpaired) electrons. The molecule has 0 aliphatic heterocycles. The molecule has 0 amide bonds. The zero-order chi connectivity index (χ0) is 14.1. The average Bonchev–Trinajstić information content (AvgIpc) is 1.97. The second kappa shape index (κ2) is 4.57. The standard InChI is InChI=1S/C7H7F7O3/c1-3(17-4(15)16)2-5(8,6(9,10)11)7(12,13)14/h3H,2H2,1H3,(H,15,16). The van der Waals surface area contributed by atoms with Crippen LogP contribution >= 0.6 is 0 Å². The van der Waals surface area contributed by atoms with Crippen molar-refractivity contribution in [3.05, 3.63) is 0 Å². The first-order chi connectivity index (χ1) is 7.31. The highest BCUT2D eigenvalue weighted by molar-refractivity contribution is 5.57. The molecule has 0 aliphatic carbocycles. The number of hydrogen-bond donors (Lipinski definition) is 1. The van der Waals surface area contributed by atoms with Crippen LogP contribution in [0.25, 0.3) is 0 Å². The molecular formula is C7H7F7O3. The number of rotatable bonds is 3. The minimum Gasteiger partial charge on any atom is -0.450 e. The lowest BCUT2D eigenvalue weighted by atomic mass is 9.97. The molecule has 1 atom stereocenters. The van der Waals surface area contributed by atoms with Crippen LogP contribution in [0.15, 0.2) is 0 Å². The summed E-state index contributed by atoms with van der Waals surface area (Å²) >= 11 is 0. The van der Waals surface area contributed by atoms with E-state index in [1.54, 1.807) is 0 Å². The quantitative estimate of drug-likeness (QED) is 0.633. The Balaban J connectivity index is 5.05. The first-order valence-corrected chi connectivity index (χ1v) is 4.03. The summed E-state index contributed by atoms with van der Waals surface area (Å²) in [7, 11) is 0. The van der Waals surface area contributed by atoms with Gasteiger partial charge in [-0.25, -0.2) is 9.18 Å². The molecule has 0 bridgehead atoms. The van der Waals surface area contributed by atoms with Gasteiger partial charge in [-0.1, -0.05) is 0 Å². The minimum absolute atomic E-state index is 0.583. The van der Waals surface area contributed by atoms with E-state index in [0.717, 1.165) is 0 Å². The van der Waals surface area contributed by atoms with Gasteiger partial charge in [0.2, 0.25) is 0 Å². The monoisotopic (exact) mass is 272 g/mol. The van der Waals surface area contributed by atoms with E-state index >= 15 is 0 Å². The van der Waals surface area contributed by atoms with E-state index in [1.165, 1.54) is 0 Å². The summed E-state index contributed by atoms with van der Waals surface area (Å²) in [5.41, 5.74) is -5.51. The fraction of sp³-hybridized carbons (Fsp3) is 0.857. The van der Waals surface area contributed by atoms with E-state index in [4.69, 9.17) is 5.11 Å². The second-order valence-corrected chi connectivity index (χ2v) is 3.20. The van der Waals surface area contributed by atoms with E-state index in [0.29, 0.717) is 6.92 Å². The molecule has 0 spiro atoms. The van der Waals surface area contributed by atoms with Crippen LogP contribution < -0.4 is 0 Å². The molecule has 0 rings (SSSR count). The highest BCUT2D eigenvalue weighted by Crippen LogP contribution is 2.49. The van der Waals surface area contributed by atoms with Gasteiger partial charge in [-0.2, -0.15) is 26.3 Å². The number of ether oxygens (including phenoxy) is 1. The maximum atomic E-state index is 13.0. The van der Waals surface area contributed by atoms with Gasteiger partial charge in [0.1, 0.15) is 6.10 Å². The molecular weight excluding hydrogens is 265 g/mol. The zero-order valence-corrected chi connectivity index (χ0v) is 8.19. The smallest absolute Gasteiger partial charge is 0.450 e. The fourth-order valence-corrected chi connectivity index (χ4v) is 1.00. The zero-order valence-electron chi connectivity index (χ0n) is 8.19. The Morgan fingerprint density at radius 1 is 1.12 bits per heavy atom. The third-order valence-electron chi connectivity index (χ3n) is 1.77. The Labute approximate surface area is 90.2 Å². The Hall–Kier alpha value is -1.22. The number of hydrogen-bond acceptors (Lipinski definition) is 2. The molecule has 1 unspecified atom stereocenters. The van der Waals surface area contributed by atoms with Gasteiger partial charge in [0.15, 0.2) is 0 Å². The van der Waals surface area contributed by atoms with Crippen molar-refractivity contribution in [2.45, 2.75) is 37.5 Å². The van der Waals surface area contributed by atoms with E-state index in [-0.39, 0.29) is 0 Å². The summed E-state index contributed by atoms with van der Waals surface area (Å²) in [6.45, 7) is 0.583. The van der Waals surface area contributed by atoms with Gasteiger partial charge in [-0.05, 0) is 6.92 Å². The third kappa shape index (κ3) is 3.63. The van der Waals surface area contributed by atoms with Crippen LogP contribution in [0.3, 0.4) is 0 Å². The van der Waals surface area contributed by atoms with Gasteiger partial charge >= 0.3 is 24.2 Å². The summed E-state index contributed by atoms with van der Waals surface area (Å²) in [6, 6.07) is 0. The number of carboxylic acid groups (broad SMARTS) is 1. The van der Waals surface area contributed by atoms with Crippen molar-refractivity contribution in [2.24, 2.45) is 0 Å². The maximum absolute atomic E-state index is 13.0. The maximum Gasteiger partial charge on any atom is 0.506 e. The van der Waals surface area contributed by atoms with Crippen molar-refractivity contribution >= 4 is 6.16 Å². The molecule has 0 fully saturated rings. The van der Waals surface area contributed by atoms with Gasteiger partial charge in [0.25, 0.3) is 0 Å². The first-order valence-electron chi connectivity index (χ1n) is 4.03. The van der Waals surface area contributed by atoms with Gasteiger partial charge in [-0.3, -0.25) is 0 Å². The molecule has 0 aromatic carbocycles. The van der Waals surface area contributed by atoms with Crippen LogP contribution in [0, 0.1) is 0 Å². The van der Waals surface area contributed by atoms with E-state index in [2.05, 4.69) is 4.74 Å². The highest BCUT2D eigenvalue weighted by Gasteiger charge is 2.72. The summed E-state index contributed by atoms with van der Waals surface area (Å²) in [5, 5.41) is 7.98. The molecule has 0 aromatic rings. The normalized spacial score (nSPS) is 15.5. The van der Waals surface area contributed by atoms with Crippen LogP contribution in [-0.2, 0) is 4.74 Å². The van der Waals surface area contributed by atoms with Crippen molar-refractivity contribution in [1.29, 1.82) is 0 Å². The highest BCUT2D eigenvalue weighted by atomic mass is 19.4. The molecule has 0 saturated carbocycles. The van der Waals surface area contributed by atoms with E-state index < -0.39 is 36.7 Å². The predicted molar refractivity (Wildman–Crippen MR) is 39.1 cm³/mol. The number of halogens is 7. The van der Waals surface area contributed by atoms with Crippen molar-refractivity contribution < 1.29 is 45.4 Å². The summed E-state index contributed by atoms with van der Waals surface area (Å²) in [6.07, 6.45) is -18.8. The fourth-order valence-electron chi connectivity index (χ4n) is 1.00. The molecule has 0 heterocycles. The largest absolute Gasteiger partial charge is 0.506 e. The lowest BCUT2D eigenvalue weighted by molar-refractivity contribution is -0.347. The Bertz CT molecular complexity index is 268. The summed E-state index contributed by atoms with van der Waals surface area (Å²) in [4.78, 5) is 9.89. The lowest BCUT2D eigenvalue weighted by Gasteiger charge is -2.31. The number of alkyl halides is 7. The molecule has 0 saturated heterocycles. The summed E-state index contributed by atoms with van der Waals surface area (Å²) < 4.78 is 88.6. The van der Waals surface area contributed by atoms with Crippen molar-refractivity contribution in [1.82, 2.24) is 0 Å². The Morgan fingerprint density at radius 3 is 1.71 bits per heavy atom. The van der Waals surface area contributed by atoms with Crippen LogP contribution in [0.1, 0.15) is 13.3 Å². The van der Waals surface area contributed by atoms with Gasteiger partial charge in [-0.15, -0.1) is 0 Å². The van der Waals surface area contributed by atoms with Gasteiger partial charge in [0.05, 0.1) is 0 Å². The van der Waals surface area contributed by atoms with Crippen LogP contribution in [-0.4, -0.2) is 35.4 Å². The van der Waals surface area contributed by atoms with Crippen molar-refractivity contribution in [3.8, 4) is 0 Å². The lowest BCUT2D eigenvalue weighted by Crippen LogP contribution is -2.55. The van der Waals surface area contributed by atoms with Crippen LogP contribution in [0.2, 0.25) is 0 Å². The number of carbonyl (C=O) groups is 1. The van der Waals surface area contributed by atoms with Crippen molar-refractivity contribution in [3.63, 3.8) is 0 Å². The van der Waals surface area contributed by atoms with Gasteiger partial charge < -0.3 is 9.84 Å². The SMILES string of the molecule is CC(CC(F)(C(F)(F)F)C(F)(F)F)OC(=O)O. The first kappa shape index (κ1) is 15.8. The van der Waals surface area contributed by atoms with Gasteiger partial charge in [0, 0.05) is 6.42 Å². The molecule has 0 aromatic heterocycles. The average molecular weight is 272 g/mol. The van der Waals surface area contributed by atoms with Crippen LogP contribution in [0.5, 0.6) is 0 Å². The van der Waals surface area contributed by atoms with E-state index in [1.807, 2.05) is 0 Å². The second-order valence-electron chi connectivity index (χ2n) is 3.20. The Morgan fingerprint density at radius 2 is 1.47 bits per heavy atom. The molecule has 3 nitrogen and oxygen atoms in total. The van der Waals surface area contributed by atoms with Crippen LogP contribution in [0.4, 0.5) is 35.5 Å².